The van der Waals surface area contributed by atoms with E-state index in [0.717, 1.165) is 21.8 Å². The number of carbonyl (C=O) groups is 3. The van der Waals surface area contributed by atoms with Crippen molar-refractivity contribution < 1.29 is 23.6 Å². The Balaban J connectivity index is 1.35. The minimum Gasteiger partial charge on any atom is -0.489 e. The Hall–Kier alpha value is -4.14. The van der Waals surface area contributed by atoms with Crippen LogP contribution < -0.4 is 15.5 Å². The second kappa shape index (κ2) is 9.38. The number of imide groups is 1. The summed E-state index contributed by atoms with van der Waals surface area (Å²) in [5.74, 6) is 0.173. The van der Waals surface area contributed by atoms with Gasteiger partial charge in [-0.1, -0.05) is 35.5 Å². The number of aromatic nitrogens is 1. The molecule has 2 heterocycles. The molecule has 0 bridgehead atoms. The smallest absolute Gasteiger partial charge is 0.344 e. The van der Waals surface area contributed by atoms with Crippen molar-refractivity contribution in [3.63, 3.8) is 0 Å². The maximum atomic E-state index is 12.9. The standard InChI is InChI=1S/C25H26N4O5/c1-16-21(17(2)34-28-16)15-33-20-11-9-19(10-12-20)22(30)27-29-23(31)25(3,26-24(29)32)14-13-18-7-5-4-6-8-18/h4-12H,13-15H2,1-3H3,(H,26,32)(H,27,30). The van der Waals surface area contributed by atoms with E-state index in [0.29, 0.717) is 24.4 Å². The van der Waals surface area contributed by atoms with Crippen LogP contribution in [0.5, 0.6) is 5.75 Å². The Morgan fingerprint density at radius 2 is 1.82 bits per heavy atom. The maximum Gasteiger partial charge on any atom is 0.344 e. The quantitative estimate of drug-likeness (QED) is 0.496. The monoisotopic (exact) mass is 462 g/mol. The molecule has 0 radical (unpaired) electrons. The third kappa shape index (κ3) is 4.78. The summed E-state index contributed by atoms with van der Waals surface area (Å²) in [6.45, 7) is 5.60. The Kier molecular flexibility index (Phi) is 6.36. The lowest BCUT2D eigenvalue weighted by molar-refractivity contribution is -0.132. The number of urea groups is 1. The van der Waals surface area contributed by atoms with E-state index >= 15 is 0 Å². The summed E-state index contributed by atoms with van der Waals surface area (Å²) < 4.78 is 10.9. The van der Waals surface area contributed by atoms with Crippen molar-refractivity contribution in [3.8, 4) is 5.75 Å². The highest BCUT2D eigenvalue weighted by Gasteiger charge is 2.48. The summed E-state index contributed by atoms with van der Waals surface area (Å²) in [7, 11) is 0. The summed E-state index contributed by atoms with van der Waals surface area (Å²) in [4.78, 5) is 38.0. The van der Waals surface area contributed by atoms with Crippen molar-refractivity contribution in [2.45, 2.75) is 45.8 Å². The molecule has 1 saturated heterocycles. The van der Waals surface area contributed by atoms with E-state index in [1.165, 1.54) is 0 Å². The lowest BCUT2D eigenvalue weighted by atomic mass is 9.93. The van der Waals surface area contributed by atoms with Gasteiger partial charge in [-0.25, -0.2) is 4.79 Å². The van der Waals surface area contributed by atoms with Gasteiger partial charge in [0.1, 0.15) is 23.7 Å². The van der Waals surface area contributed by atoms with E-state index < -0.39 is 23.4 Å². The van der Waals surface area contributed by atoms with Crippen molar-refractivity contribution >= 4 is 17.8 Å². The normalized spacial score (nSPS) is 17.6. The molecule has 3 aromatic rings. The third-order valence-corrected chi connectivity index (χ3v) is 5.91. The molecule has 4 rings (SSSR count). The van der Waals surface area contributed by atoms with Gasteiger partial charge in [0.2, 0.25) is 0 Å². The van der Waals surface area contributed by atoms with Gasteiger partial charge in [-0.3, -0.25) is 15.0 Å². The van der Waals surface area contributed by atoms with Gasteiger partial charge in [-0.05, 0) is 63.4 Å². The van der Waals surface area contributed by atoms with Crippen LogP contribution in [0.3, 0.4) is 0 Å². The van der Waals surface area contributed by atoms with Gasteiger partial charge in [0.25, 0.3) is 11.8 Å². The first-order valence-corrected chi connectivity index (χ1v) is 10.9. The van der Waals surface area contributed by atoms with E-state index in [2.05, 4.69) is 15.9 Å². The first kappa shape index (κ1) is 23.0. The van der Waals surface area contributed by atoms with Crippen LogP contribution in [0.15, 0.2) is 59.1 Å². The van der Waals surface area contributed by atoms with Crippen molar-refractivity contribution in [2.24, 2.45) is 0 Å². The molecule has 1 unspecified atom stereocenters. The number of hydrazine groups is 1. The first-order chi connectivity index (χ1) is 16.3. The minimum atomic E-state index is -1.10. The van der Waals surface area contributed by atoms with Crippen molar-refractivity contribution in [2.75, 3.05) is 0 Å². The van der Waals surface area contributed by atoms with Gasteiger partial charge >= 0.3 is 6.03 Å². The SMILES string of the molecule is Cc1noc(C)c1COc1ccc(C(=O)NN2C(=O)NC(C)(CCc3ccccc3)C2=O)cc1. The molecule has 176 valence electrons. The second-order valence-corrected chi connectivity index (χ2v) is 8.45. The van der Waals surface area contributed by atoms with Crippen LogP contribution in [0.25, 0.3) is 0 Å². The molecule has 34 heavy (non-hydrogen) atoms. The van der Waals surface area contributed by atoms with E-state index in [1.807, 2.05) is 44.2 Å². The second-order valence-electron chi connectivity index (χ2n) is 8.45. The highest BCUT2D eigenvalue weighted by atomic mass is 16.5. The van der Waals surface area contributed by atoms with Crippen molar-refractivity contribution in [1.29, 1.82) is 0 Å². The van der Waals surface area contributed by atoms with Gasteiger partial charge in [0.05, 0.1) is 11.3 Å². The molecule has 2 aromatic carbocycles. The van der Waals surface area contributed by atoms with Crippen LogP contribution >= 0.6 is 0 Å². The highest BCUT2D eigenvalue weighted by Crippen LogP contribution is 2.23. The molecule has 1 aliphatic heterocycles. The summed E-state index contributed by atoms with van der Waals surface area (Å²) in [5.41, 5.74) is 4.28. The molecule has 2 N–H and O–H groups in total. The fourth-order valence-electron chi connectivity index (χ4n) is 3.73. The average molecular weight is 463 g/mol. The fourth-order valence-corrected chi connectivity index (χ4v) is 3.73. The number of aryl methyl sites for hydroxylation is 3. The summed E-state index contributed by atoms with van der Waals surface area (Å²) in [6.07, 6.45) is 1.02. The summed E-state index contributed by atoms with van der Waals surface area (Å²) >= 11 is 0. The number of nitrogens with zero attached hydrogens (tertiary/aromatic N) is 2. The predicted molar refractivity (Wildman–Crippen MR) is 123 cm³/mol. The van der Waals surface area contributed by atoms with E-state index in [4.69, 9.17) is 9.26 Å². The van der Waals surface area contributed by atoms with Gasteiger partial charge in [0.15, 0.2) is 0 Å². The number of nitrogens with one attached hydrogen (secondary N) is 2. The van der Waals surface area contributed by atoms with Gasteiger partial charge in [-0.2, -0.15) is 5.01 Å². The Morgan fingerprint density at radius 1 is 1.12 bits per heavy atom. The molecule has 1 atom stereocenters. The van der Waals surface area contributed by atoms with Crippen LogP contribution in [0.1, 0.15) is 46.3 Å². The number of amides is 4. The molecule has 0 saturated carbocycles. The third-order valence-electron chi connectivity index (χ3n) is 5.91. The number of rotatable bonds is 8. The molecule has 1 fully saturated rings. The molecule has 9 nitrogen and oxygen atoms in total. The van der Waals surface area contributed by atoms with Crippen LogP contribution in [0.2, 0.25) is 0 Å². The zero-order chi connectivity index (χ0) is 24.3. The molecule has 4 amide bonds. The van der Waals surface area contributed by atoms with E-state index in [9.17, 15) is 14.4 Å². The fraction of sp³-hybridized carbons (Fsp3) is 0.280. The topological polar surface area (TPSA) is 114 Å². The number of benzene rings is 2. The molecular weight excluding hydrogens is 436 g/mol. The maximum absolute atomic E-state index is 12.9. The Morgan fingerprint density at radius 3 is 2.47 bits per heavy atom. The lowest BCUT2D eigenvalue weighted by Gasteiger charge is -2.21. The number of ether oxygens (including phenoxy) is 1. The lowest BCUT2D eigenvalue weighted by Crippen LogP contribution is -2.48. The van der Waals surface area contributed by atoms with E-state index in [-0.39, 0.29) is 12.2 Å². The van der Waals surface area contributed by atoms with Crippen molar-refractivity contribution in [3.05, 3.63) is 82.7 Å². The summed E-state index contributed by atoms with van der Waals surface area (Å²) in [5, 5.41) is 7.33. The predicted octanol–water partition coefficient (Wildman–Crippen LogP) is 3.46. The van der Waals surface area contributed by atoms with Crippen LogP contribution in [0.4, 0.5) is 4.79 Å². The zero-order valence-electron chi connectivity index (χ0n) is 19.3. The number of carbonyl (C=O) groups excluding carboxylic acids is 3. The van der Waals surface area contributed by atoms with Gasteiger partial charge in [-0.15, -0.1) is 0 Å². The molecular formula is C25H26N4O5. The Bertz CT molecular complexity index is 1190. The Labute approximate surface area is 197 Å². The van der Waals surface area contributed by atoms with Gasteiger partial charge < -0.3 is 14.6 Å². The van der Waals surface area contributed by atoms with Crippen molar-refractivity contribution in [1.82, 2.24) is 20.9 Å². The molecule has 1 aromatic heterocycles. The number of hydrogen-bond donors (Lipinski definition) is 2. The van der Waals surface area contributed by atoms with E-state index in [1.54, 1.807) is 31.2 Å². The van der Waals surface area contributed by atoms with Crippen LogP contribution in [-0.4, -0.2) is 33.5 Å². The van der Waals surface area contributed by atoms with Gasteiger partial charge in [0, 0.05) is 5.56 Å². The van der Waals surface area contributed by atoms with Crippen LogP contribution in [-0.2, 0) is 17.8 Å². The molecule has 0 spiro atoms. The highest BCUT2D eigenvalue weighted by molar-refractivity contribution is 6.09. The number of hydrogen-bond acceptors (Lipinski definition) is 6. The zero-order valence-corrected chi connectivity index (χ0v) is 19.3. The largest absolute Gasteiger partial charge is 0.489 e. The van der Waals surface area contributed by atoms with Crippen LogP contribution in [0, 0.1) is 13.8 Å². The minimum absolute atomic E-state index is 0.281. The average Bonchev–Trinajstić information content (AvgIpc) is 3.27. The molecule has 0 aliphatic carbocycles. The first-order valence-electron chi connectivity index (χ1n) is 10.9. The summed E-state index contributed by atoms with van der Waals surface area (Å²) in [6, 6.07) is 15.4. The molecule has 9 heteroatoms. The molecule has 1 aliphatic rings.